The SMILES string of the molecule is CN=CN=C(C)N(C)C. The molecule has 0 aliphatic rings. The van der Waals surface area contributed by atoms with Crippen molar-refractivity contribution < 1.29 is 0 Å². The molecular weight excluding hydrogens is 114 g/mol. The molecule has 0 heterocycles. The second kappa shape index (κ2) is 4.06. The van der Waals surface area contributed by atoms with Crippen molar-refractivity contribution in [3.8, 4) is 0 Å². The molecule has 0 spiro atoms. The van der Waals surface area contributed by atoms with Crippen LogP contribution in [0, 0.1) is 0 Å². The van der Waals surface area contributed by atoms with Crippen LogP contribution < -0.4 is 0 Å². The molecule has 52 valence electrons. The highest BCUT2D eigenvalue weighted by Crippen LogP contribution is 1.78. The highest BCUT2D eigenvalue weighted by Gasteiger charge is 1.87. The first-order valence-corrected chi connectivity index (χ1v) is 2.81. The molecule has 0 unspecified atom stereocenters. The predicted molar refractivity (Wildman–Crippen MR) is 41.2 cm³/mol. The van der Waals surface area contributed by atoms with Crippen molar-refractivity contribution in [2.75, 3.05) is 21.1 Å². The van der Waals surface area contributed by atoms with Crippen LogP contribution in [0.4, 0.5) is 0 Å². The lowest BCUT2D eigenvalue weighted by Gasteiger charge is -2.08. The third-order valence-corrected chi connectivity index (χ3v) is 1.01. The van der Waals surface area contributed by atoms with Crippen LogP contribution in [0.25, 0.3) is 0 Å². The molecule has 3 heteroatoms. The van der Waals surface area contributed by atoms with Crippen molar-refractivity contribution in [3.63, 3.8) is 0 Å². The van der Waals surface area contributed by atoms with Crippen LogP contribution in [0.15, 0.2) is 9.98 Å². The topological polar surface area (TPSA) is 28.0 Å². The average Bonchev–Trinajstić information content (AvgIpc) is 1.82. The third-order valence-electron chi connectivity index (χ3n) is 1.01. The van der Waals surface area contributed by atoms with Gasteiger partial charge in [-0.25, -0.2) is 4.99 Å². The summed E-state index contributed by atoms with van der Waals surface area (Å²) in [6.45, 7) is 1.93. The summed E-state index contributed by atoms with van der Waals surface area (Å²) in [5.41, 5.74) is 0. The van der Waals surface area contributed by atoms with E-state index >= 15 is 0 Å². The zero-order valence-electron chi connectivity index (χ0n) is 6.42. The van der Waals surface area contributed by atoms with Crippen molar-refractivity contribution in [1.29, 1.82) is 0 Å². The molecule has 0 saturated heterocycles. The normalized spacial score (nSPS) is 12.7. The number of hydrogen-bond donors (Lipinski definition) is 0. The van der Waals surface area contributed by atoms with Gasteiger partial charge < -0.3 is 4.90 Å². The fourth-order valence-electron chi connectivity index (χ4n) is 0.257. The van der Waals surface area contributed by atoms with Gasteiger partial charge in [-0.1, -0.05) is 0 Å². The molecule has 0 aliphatic heterocycles. The van der Waals surface area contributed by atoms with E-state index < -0.39 is 0 Å². The first kappa shape index (κ1) is 8.14. The van der Waals surface area contributed by atoms with Crippen LogP contribution in [-0.4, -0.2) is 38.2 Å². The summed E-state index contributed by atoms with van der Waals surface area (Å²) in [7, 11) is 5.59. The van der Waals surface area contributed by atoms with Crippen LogP contribution in [0.5, 0.6) is 0 Å². The fourth-order valence-corrected chi connectivity index (χ4v) is 0.257. The molecule has 0 aromatic heterocycles. The Bertz CT molecular complexity index is 124. The smallest absolute Gasteiger partial charge is 0.111 e. The van der Waals surface area contributed by atoms with Gasteiger partial charge in [-0.05, 0) is 6.92 Å². The minimum absolute atomic E-state index is 0.959. The molecule has 0 saturated carbocycles. The van der Waals surface area contributed by atoms with Gasteiger partial charge in [-0.3, -0.25) is 4.99 Å². The Morgan fingerprint density at radius 2 is 2.00 bits per heavy atom. The Hall–Kier alpha value is -0.860. The Labute approximate surface area is 56.1 Å². The maximum Gasteiger partial charge on any atom is 0.111 e. The van der Waals surface area contributed by atoms with Crippen LogP contribution in [-0.2, 0) is 0 Å². The largest absolute Gasteiger partial charge is 0.366 e. The Morgan fingerprint density at radius 1 is 1.44 bits per heavy atom. The van der Waals surface area contributed by atoms with Crippen LogP contribution >= 0.6 is 0 Å². The van der Waals surface area contributed by atoms with Gasteiger partial charge in [0.15, 0.2) is 0 Å². The minimum atomic E-state index is 0.959. The lowest BCUT2D eigenvalue weighted by atomic mass is 10.6. The van der Waals surface area contributed by atoms with Gasteiger partial charge in [-0.15, -0.1) is 0 Å². The first-order valence-electron chi connectivity index (χ1n) is 2.81. The van der Waals surface area contributed by atoms with Gasteiger partial charge in [0.05, 0.1) is 0 Å². The van der Waals surface area contributed by atoms with E-state index in [-0.39, 0.29) is 0 Å². The lowest BCUT2D eigenvalue weighted by Crippen LogP contribution is -2.18. The molecule has 0 aromatic carbocycles. The zero-order chi connectivity index (χ0) is 7.28. The van der Waals surface area contributed by atoms with Gasteiger partial charge in [0.2, 0.25) is 0 Å². The summed E-state index contributed by atoms with van der Waals surface area (Å²) < 4.78 is 0. The molecular formula is C6H13N3. The average molecular weight is 127 g/mol. The van der Waals surface area contributed by atoms with Gasteiger partial charge in [0, 0.05) is 21.1 Å². The molecule has 0 aliphatic carbocycles. The van der Waals surface area contributed by atoms with E-state index in [4.69, 9.17) is 0 Å². The van der Waals surface area contributed by atoms with Crippen LogP contribution in [0.3, 0.4) is 0 Å². The minimum Gasteiger partial charge on any atom is -0.366 e. The fraction of sp³-hybridized carbons (Fsp3) is 0.667. The molecule has 0 fully saturated rings. The van der Waals surface area contributed by atoms with Gasteiger partial charge in [-0.2, -0.15) is 0 Å². The van der Waals surface area contributed by atoms with Crippen molar-refractivity contribution in [2.24, 2.45) is 9.98 Å². The summed E-state index contributed by atoms with van der Waals surface area (Å²) in [4.78, 5) is 9.64. The number of aliphatic imine (C=N–C) groups is 2. The molecule has 0 radical (unpaired) electrons. The maximum absolute atomic E-state index is 3.99. The quantitative estimate of drug-likeness (QED) is 0.375. The van der Waals surface area contributed by atoms with Gasteiger partial charge in [0.1, 0.15) is 12.2 Å². The first-order chi connectivity index (χ1) is 4.18. The van der Waals surface area contributed by atoms with Gasteiger partial charge in [0.25, 0.3) is 0 Å². The molecule has 0 rings (SSSR count). The van der Waals surface area contributed by atoms with Gasteiger partial charge >= 0.3 is 0 Å². The number of hydrogen-bond acceptors (Lipinski definition) is 1. The molecule has 0 bridgehead atoms. The summed E-state index contributed by atoms with van der Waals surface area (Å²) in [6.07, 6.45) is 1.54. The zero-order valence-corrected chi connectivity index (χ0v) is 6.42. The van der Waals surface area contributed by atoms with Crippen molar-refractivity contribution in [1.82, 2.24) is 4.90 Å². The van der Waals surface area contributed by atoms with E-state index in [9.17, 15) is 0 Å². The van der Waals surface area contributed by atoms with Crippen molar-refractivity contribution >= 4 is 12.2 Å². The molecule has 0 amide bonds. The van der Waals surface area contributed by atoms with E-state index in [2.05, 4.69) is 9.98 Å². The standard InChI is InChI=1S/C6H13N3/c1-6(9(3)4)8-5-7-2/h5H,1-4H3. The summed E-state index contributed by atoms with van der Waals surface area (Å²) >= 11 is 0. The maximum atomic E-state index is 3.99. The molecule has 0 atom stereocenters. The Morgan fingerprint density at radius 3 is 2.33 bits per heavy atom. The summed E-state index contributed by atoms with van der Waals surface area (Å²) in [5.74, 6) is 0.959. The second-order valence-corrected chi connectivity index (χ2v) is 1.94. The predicted octanol–water partition coefficient (Wildman–Crippen LogP) is 0.625. The highest BCUT2D eigenvalue weighted by molar-refractivity contribution is 5.86. The van der Waals surface area contributed by atoms with E-state index in [1.807, 2.05) is 25.9 Å². The molecule has 0 N–H and O–H groups in total. The van der Waals surface area contributed by atoms with E-state index in [1.54, 1.807) is 7.05 Å². The van der Waals surface area contributed by atoms with Crippen molar-refractivity contribution in [3.05, 3.63) is 0 Å². The van der Waals surface area contributed by atoms with Crippen LogP contribution in [0.1, 0.15) is 6.92 Å². The molecule has 0 aromatic rings. The van der Waals surface area contributed by atoms with Crippen molar-refractivity contribution in [2.45, 2.75) is 6.92 Å². The van der Waals surface area contributed by atoms with E-state index in [0.717, 1.165) is 5.84 Å². The molecule has 9 heavy (non-hydrogen) atoms. The van der Waals surface area contributed by atoms with E-state index in [0.29, 0.717) is 0 Å². The number of rotatable bonds is 1. The number of amidine groups is 1. The number of nitrogens with zero attached hydrogens (tertiary/aromatic N) is 3. The lowest BCUT2D eigenvalue weighted by molar-refractivity contribution is 0.620. The van der Waals surface area contributed by atoms with E-state index in [1.165, 1.54) is 6.34 Å². The Kier molecular flexibility index (Phi) is 3.67. The summed E-state index contributed by atoms with van der Waals surface area (Å²) in [6, 6.07) is 0. The molecule has 3 nitrogen and oxygen atoms in total. The highest BCUT2D eigenvalue weighted by atomic mass is 15.1. The second-order valence-electron chi connectivity index (χ2n) is 1.94. The monoisotopic (exact) mass is 127 g/mol. The van der Waals surface area contributed by atoms with Crippen LogP contribution in [0.2, 0.25) is 0 Å². The Balaban J connectivity index is 3.84. The summed E-state index contributed by atoms with van der Waals surface area (Å²) in [5, 5.41) is 0. The third kappa shape index (κ3) is 3.70.